The van der Waals surface area contributed by atoms with Gasteiger partial charge in [-0.1, -0.05) is 122 Å². The van der Waals surface area contributed by atoms with E-state index in [2.05, 4.69) is 6.92 Å². The zero-order valence-corrected chi connectivity index (χ0v) is 17.8. The average molecular weight is 377 g/mol. The van der Waals surface area contributed by atoms with E-state index < -0.39 is 7.60 Å². The first-order chi connectivity index (χ1) is 12.1. The maximum absolute atomic E-state index is 10.7. The smallest absolute Gasteiger partial charge is 0.324 e. The largest absolute Gasteiger partial charge is 0.325 e. The van der Waals surface area contributed by atoms with Crippen molar-refractivity contribution in [3.05, 3.63) is 0 Å². The van der Waals surface area contributed by atoms with Gasteiger partial charge in [-0.3, -0.25) is 4.57 Å². The summed E-state index contributed by atoms with van der Waals surface area (Å²) in [6, 6.07) is 0. The monoisotopic (exact) mass is 376 g/mol. The topological polar surface area (TPSA) is 57.5 Å². The second-order valence-corrected chi connectivity index (χ2v) is 9.53. The van der Waals surface area contributed by atoms with Gasteiger partial charge < -0.3 is 9.79 Å². The molecule has 3 nitrogen and oxygen atoms in total. The number of unbranched alkanes of at least 4 members (excludes halogenated alkanes) is 18. The van der Waals surface area contributed by atoms with E-state index in [9.17, 15) is 4.57 Å². The fourth-order valence-corrected chi connectivity index (χ4v) is 4.03. The molecule has 0 aromatic heterocycles. The van der Waals surface area contributed by atoms with Crippen LogP contribution in [0.25, 0.3) is 0 Å². The fourth-order valence-electron chi connectivity index (χ4n) is 3.40. The average Bonchev–Trinajstić information content (AvgIpc) is 2.56. The second kappa shape index (κ2) is 18.9. The van der Waals surface area contributed by atoms with Gasteiger partial charge in [-0.15, -0.1) is 0 Å². The maximum atomic E-state index is 10.7. The van der Waals surface area contributed by atoms with Crippen LogP contribution in [0.3, 0.4) is 0 Å². The maximum Gasteiger partial charge on any atom is 0.325 e. The summed E-state index contributed by atoms with van der Waals surface area (Å²) in [5, 5.41) is 0. The molecule has 0 unspecified atom stereocenters. The van der Waals surface area contributed by atoms with E-state index in [-0.39, 0.29) is 6.16 Å². The first-order valence-electron chi connectivity index (χ1n) is 11.1. The lowest BCUT2D eigenvalue weighted by Gasteiger charge is -2.04. The Morgan fingerprint density at radius 1 is 0.480 bits per heavy atom. The molecule has 0 aliphatic carbocycles. The van der Waals surface area contributed by atoms with Gasteiger partial charge in [-0.05, 0) is 6.42 Å². The molecule has 0 rings (SSSR count). The van der Waals surface area contributed by atoms with Gasteiger partial charge in [0.25, 0.3) is 0 Å². The highest BCUT2D eigenvalue weighted by Crippen LogP contribution is 2.35. The van der Waals surface area contributed by atoms with E-state index in [4.69, 9.17) is 9.79 Å². The third-order valence-electron chi connectivity index (χ3n) is 5.05. The Bertz CT molecular complexity index is 302. The number of hydrogen-bond donors (Lipinski definition) is 2. The van der Waals surface area contributed by atoms with E-state index in [1.807, 2.05) is 0 Å². The summed E-state index contributed by atoms with van der Waals surface area (Å²) in [4.78, 5) is 17.5. The first kappa shape index (κ1) is 25.1. The molecule has 152 valence electrons. The lowest BCUT2D eigenvalue weighted by Crippen LogP contribution is -1.88. The molecule has 0 amide bonds. The van der Waals surface area contributed by atoms with Crippen LogP contribution >= 0.6 is 7.60 Å². The highest BCUT2D eigenvalue weighted by molar-refractivity contribution is 7.51. The van der Waals surface area contributed by atoms with Gasteiger partial charge in [-0.25, -0.2) is 0 Å². The van der Waals surface area contributed by atoms with E-state index >= 15 is 0 Å². The predicted octanol–water partition coefficient (Wildman–Crippen LogP) is 7.60. The first-order valence-corrected chi connectivity index (χ1v) is 12.9. The van der Waals surface area contributed by atoms with Gasteiger partial charge >= 0.3 is 7.60 Å². The third kappa shape index (κ3) is 24.1. The third-order valence-corrected chi connectivity index (χ3v) is 5.95. The predicted molar refractivity (Wildman–Crippen MR) is 110 cm³/mol. The summed E-state index contributed by atoms with van der Waals surface area (Å²) in [6.07, 6.45) is 25.0. The van der Waals surface area contributed by atoms with Crippen LogP contribution in [0.5, 0.6) is 0 Å². The highest BCUT2D eigenvalue weighted by atomic mass is 31.2. The van der Waals surface area contributed by atoms with Gasteiger partial charge in [0.2, 0.25) is 0 Å². The minimum atomic E-state index is -3.76. The lowest BCUT2D eigenvalue weighted by atomic mass is 10.0. The van der Waals surface area contributed by atoms with Crippen LogP contribution in [0.4, 0.5) is 0 Å². The van der Waals surface area contributed by atoms with Crippen LogP contribution in [-0.4, -0.2) is 15.9 Å². The van der Waals surface area contributed by atoms with Crippen molar-refractivity contribution in [3.63, 3.8) is 0 Å². The van der Waals surface area contributed by atoms with Crippen LogP contribution < -0.4 is 0 Å². The van der Waals surface area contributed by atoms with E-state index in [0.717, 1.165) is 12.8 Å². The summed E-state index contributed by atoms with van der Waals surface area (Å²) in [6.45, 7) is 2.28. The molecule has 0 saturated carbocycles. The zero-order valence-electron chi connectivity index (χ0n) is 16.9. The van der Waals surface area contributed by atoms with Crippen molar-refractivity contribution in [2.24, 2.45) is 0 Å². The molecule has 0 bridgehead atoms. The Labute approximate surface area is 157 Å². The summed E-state index contributed by atoms with van der Waals surface area (Å²) in [5.74, 6) is 0. The number of rotatable bonds is 20. The molecule has 0 spiro atoms. The second-order valence-electron chi connectivity index (χ2n) is 7.75. The molecular formula is C21H45O3P. The van der Waals surface area contributed by atoms with Crippen molar-refractivity contribution < 1.29 is 14.4 Å². The Morgan fingerprint density at radius 3 is 0.960 bits per heavy atom. The Kier molecular flexibility index (Phi) is 19.0. The molecule has 25 heavy (non-hydrogen) atoms. The normalized spacial score (nSPS) is 12.0. The van der Waals surface area contributed by atoms with Crippen LogP contribution in [0.15, 0.2) is 0 Å². The molecule has 0 radical (unpaired) electrons. The SMILES string of the molecule is CCCCCCCCCCCCCCCCCCCCCP(=O)(O)O. The lowest BCUT2D eigenvalue weighted by molar-refractivity contribution is 0.370. The van der Waals surface area contributed by atoms with Gasteiger partial charge in [0, 0.05) is 6.16 Å². The van der Waals surface area contributed by atoms with Crippen molar-refractivity contribution in [2.75, 3.05) is 6.16 Å². The Balaban J connectivity index is 3.02. The molecule has 0 aromatic carbocycles. The Morgan fingerprint density at radius 2 is 0.720 bits per heavy atom. The van der Waals surface area contributed by atoms with Crippen molar-refractivity contribution in [1.82, 2.24) is 0 Å². The van der Waals surface area contributed by atoms with Crippen molar-refractivity contribution >= 4 is 7.60 Å². The van der Waals surface area contributed by atoms with Crippen molar-refractivity contribution in [3.8, 4) is 0 Å². The van der Waals surface area contributed by atoms with Gasteiger partial charge in [0.15, 0.2) is 0 Å². The summed E-state index contributed by atoms with van der Waals surface area (Å²) < 4.78 is 10.7. The fraction of sp³-hybridized carbons (Fsp3) is 1.00. The van der Waals surface area contributed by atoms with Crippen LogP contribution in [0.1, 0.15) is 129 Å². The van der Waals surface area contributed by atoms with E-state index in [1.165, 1.54) is 103 Å². The summed E-state index contributed by atoms with van der Waals surface area (Å²) in [7, 11) is -3.76. The minimum Gasteiger partial charge on any atom is -0.324 e. The van der Waals surface area contributed by atoms with Crippen LogP contribution in [0.2, 0.25) is 0 Å². The standard InChI is InChI=1S/C21H45O3P/c1-2-3-4-5-6-7-8-9-10-11-12-13-14-15-16-17-18-19-20-21-25(22,23)24/h2-21H2,1H3,(H2,22,23,24). The van der Waals surface area contributed by atoms with Gasteiger partial charge in [-0.2, -0.15) is 0 Å². The summed E-state index contributed by atoms with van der Waals surface area (Å²) in [5.41, 5.74) is 0. The molecular weight excluding hydrogens is 331 g/mol. The van der Waals surface area contributed by atoms with Gasteiger partial charge in [0.1, 0.15) is 0 Å². The minimum absolute atomic E-state index is 0.0614. The summed E-state index contributed by atoms with van der Waals surface area (Å²) >= 11 is 0. The van der Waals surface area contributed by atoms with Crippen molar-refractivity contribution in [1.29, 1.82) is 0 Å². The van der Waals surface area contributed by atoms with Crippen molar-refractivity contribution in [2.45, 2.75) is 129 Å². The molecule has 0 atom stereocenters. The molecule has 0 fully saturated rings. The molecule has 0 aliphatic heterocycles. The van der Waals surface area contributed by atoms with Gasteiger partial charge in [0.05, 0.1) is 0 Å². The number of hydrogen-bond acceptors (Lipinski definition) is 1. The molecule has 0 aromatic rings. The van der Waals surface area contributed by atoms with E-state index in [0.29, 0.717) is 6.42 Å². The molecule has 0 heterocycles. The Hall–Kier alpha value is 0.150. The van der Waals surface area contributed by atoms with Crippen LogP contribution in [-0.2, 0) is 4.57 Å². The zero-order chi connectivity index (χ0) is 18.6. The molecule has 0 aliphatic rings. The molecule has 4 heteroatoms. The van der Waals surface area contributed by atoms with Crippen LogP contribution in [0, 0.1) is 0 Å². The quantitative estimate of drug-likeness (QED) is 0.170. The van der Waals surface area contributed by atoms with E-state index in [1.54, 1.807) is 0 Å². The molecule has 0 saturated heterocycles. The molecule has 2 N–H and O–H groups in total. The highest BCUT2D eigenvalue weighted by Gasteiger charge is 2.10.